The summed E-state index contributed by atoms with van der Waals surface area (Å²) in [5, 5.41) is 0. The summed E-state index contributed by atoms with van der Waals surface area (Å²) in [5.41, 5.74) is 10.0. The highest BCUT2D eigenvalue weighted by molar-refractivity contribution is 5.63. The van der Waals surface area contributed by atoms with E-state index in [4.69, 9.17) is 5.73 Å². The highest BCUT2D eigenvalue weighted by atomic mass is 15.1. The van der Waals surface area contributed by atoms with Gasteiger partial charge in [-0.1, -0.05) is 37.1 Å². The molecule has 0 saturated heterocycles. The molecule has 1 aliphatic rings. The lowest BCUT2D eigenvalue weighted by atomic mass is 9.90. The first-order valence-electron chi connectivity index (χ1n) is 7.11. The first-order valence-corrected chi connectivity index (χ1v) is 7.11. The van der Waals surface area contributed by atoms with E-state index in [0.29, 0.717) is 6.04 Å². The van der Waals surface area contributed by atoms with Crippen LogP contribution in [0.4, 0.5) is 0 Å². The van der Waals surface area contributed by atoms with Crippen LogP contribution in [0.25, 0.3) is 11.3 Å². The SMILES string of the molecule is Cc1ccccc1-c1cncn1C1CCCCC1N. The van der Waals surface area contributed by atoms with Gasteiger partial charge in [-0.3, -0.25) is 0 Å². The third kappa shape index (κ3) is 2.30. The van der Waals surface area contributed by atoms with Crippen LogP contribution in [0.15, 0.2) is 36.8 Å². The molecule has 1 aliphatic carbocycles. The average molecular weight is 255 g/mol. The van der Waals surface area contributed by atoms with Gasteiger partial charge in [0.2, 0.25) is 0 Å². The van der Waals surface area contributed by atoms with Crippen LogP contribution in [0.5, 0.6) is 0 Å². The fourth-order valence-electron chi connectivity index (χ4n) is 3.12. The lowest BCUT2D eigenvalue weighted by molar-refractivity contribution is 0.308. The summed E-state index contributed by atoms with van der Waals surface area (Å²) in [5.74, 6) is 0. The van der Waals surface area contributed by atoms with Gasteiger partial charge >= 0.3 is 0 Å². The minimum Gasteiger partial charge on any atom is -0.326 e. The molecule has 0 spiro atoms. The van der Waals surface area contributed by atoms with Crippen molar-refractivity contribution in [3.63, 3.8) is 0 Å². The van der Waals surface area contributed by atoms with Gasteiger partial charge in [0.1, 0.15) is 0 Å². The highest BCUT2D eigenvalue weighted by Gasteiger charge is 2.25. The summed E-state index contributed by atoms with van der Waals surface area (Å²) in [6.07, 6.45) is 8.71. The van der Waals surface area contributed by atoms with Gasteiger partial charge < -0.3 is 10.3 Å². The Balaban J connectivity index is 2.01. The van der Waals surface area contributed by atoms with Crippen molar-refractivity contribution in [2.24, 2.45) is 5.73 Å². The van der Waals surface area contributed by atoms with Gasteiger partial charge in [0.05, 0.1) is 24.3 Å². The molecule has 2 atom stereocenters. The van der Waals surface area contributed by atoms with Crippen molar-refractivity contribution in [3.8, 4) is 11.3 Å². The van der Waals surface area contributed by atoms with Crippen LogP contribution >= 0.6 is 0 Å². The monoisotopic (exact) mass is 255 g/mol. The summed E-state index contributed by atoms with van der Waals surface area (Å²) >= 11 is 0. The Morgan fingerprint density at radius 2 is 2.00 bits per heavy atom. The molecular weight excluding hydrogens is 234 g/mol. The molecule has 3 rings (SSSR count). The predicted octanol–water partition coefficient (Wildman–Crippen LogP) is 3.30. The van der Waals surface area contributed by atoms with Crippen molar-refractivity contribution in [1.29, 1.82) is 0 Å². The Bertz CT molecular complexity index is 559. The van der Waals surface area contributed by atoms with E-state index in [1.807, 2.05) is 12.5 Å². The second kappa shape index (κ2) is 5.17. The fraction of sp³-hybridized carbons (Fsp3) is 0.438. The number of hydrogen-bond acceptors (Lipinski definition) is 2. The van der Waals surface area contributed by atoms with E-state index in [9.17, 15) is 0 Å². The first kappa shape index (κ1) is 12.4. The maximum Gasteiger partial charge on any atom is 0.0954 e. The van der Waals surface area contributed by atoms with Gasteiger partial charge in [0, 0.05) is 11.6 Å². The van der Waals surface area contributed by atoms with E-state index in [0.717, 1.165) is 12.8 Å². The summed E-state index contributed by atoms with van der Waals surface area (Å²) in [7, 11) is 0. The second-order valence-electron chi connectivity index (χ2n) is 5.52. The number of rotatable bonds is 2. The van der Waals surface area contributed by atoms with Crippen molar-refractivity contribution in [3.05, 3.63) is 42.4 Å². The summed E-state index contributed by atoms with van der Waals surface area (Å²) in [6.45, 7) is 2.15. The molecule has 1 saturated carbocycles. The zero-order valence-electron chi connectivity index (χ0n) is 11.4. The van der Waals surface area contributed by atoms with E-state index in [-0.39, 0.29) is 6.04 Å². The number of benzene rings is 1. The molecule has 1 aromatic heterocycles. The van der Waals surface area contributed by atoms with Crippen LogP contribution in [0.1, 0.15) is 37.3 Å². The Labute approximate surface area is 114 Å². The zero-order valence-corrected chi connectivity index (χ0v) is 11.4. The van der Waals surface area contributed by atoms with Gasteiger partial charge in [-0.05, 0) is 25.3 Å². The van der Waals surface area contributed by atoms with Gasteiger partial charge in [0.25, 0.3) is 0 Å². The minimum atomic E-state index is 0.255. The Hall–Kier alpha value is -1.61. The molecular formula is C16H21N3. The van der Waals surface area contributed by atoms with Crippen LogP contribution in [0.2, 0.25) is 0 Å². The van der Waals surface area contributed by atoms with Crippen LogP contribution < -0.4 is 5.73 Å². The molecule has 2 aromatic rings. The highest BCUT2D eigenvalue weighted by Crippen LogP contribution is 2.32. The van der Waals surface area contributed by atoms with E-state index >= 15 is 0 Å². The Morgan fingerprint density at radius 1 is 1.21 bits per heavy atom. The van der Waals surface area contributed by atoms with E-state index in [2.05, 4.69) is 40.7 Å². The molecule has 1 fully saturated rings. The minimum absolute atomic E-state index is 0.255. The summed E-state index contributed by atoms with van der Waals surface area (Å²) in [6, 6.07) is 9.12. The molecule has 2 N–H and O–H groups in total. The van der Waals surface area contributed by atoms with Crippen molar-refractivity contribution in [2.45, 2.75) is 44.7 Å². The molecule has 19 heavy (non-hydrogen) atoms. The summed E-state index contributed by atoms with van der Waals surface area (Å²) in [4.78, 5) is 4.36. The average Bonchev–Trinajstić information content (AvgIpc) is 2.89. The van der Waals surface area contributed by atoms with Crippen LogP contribution in [0.3, 0.4) is 0 Å². The largest absolute Gasteiger partial charge is 0.326 e. The van der Waals surface area contributed by atoms with Gasteiger partial charge in [-0.15, -0.1) is 0 Å². The number of aryl methyl sites for hydroxylation is 1. The maximum absolute atomic E-state index is 6.31. The molecule has 100 valence electrons. The molecule has 0 aliphatic heterocycles. The standard InChI is InChI=1S/C16H21N3/c1-12-6-2-3-7-13(12)16-10-18-11-19(16)15-9-5-4-8-14(15)17/h2-3,6-7,10-11,14-15H,4-5,8-9,17H2,1H3. The Morgan fingerprint density at radius 3 is 2.79 bits per heavy atom. The molecule has 0 bridgehead atoms. The third-order valence-corrected chi connectivity index (χ3v) is 4.23. The third-order valence-electron chi connectivity index (χ3n) is 4.23. The van der Waals surface area contributed by atoms with Crippen molar-refractivity contribution >= 4 is 0 Å². The lowest BCUT2D eigenvalue weighted by Gasteiger charge is -2.31. The normalized spacial score (nSPS) is 23.5. The van der Waals surface area contributed by atoms with Crippen LogP contribution in [-0.2, 0) is 0 Å². The van der Waals surface area contributed by atoms with Gasteiger partial charge in [0.15, 0.2) is 0 Å². The van der Waals surface area contributed by atoms with Crippen LogP contribution in [-0.4, -0.2) is 15.6 Å². The van der Waals surface area contributed by atoms with E-state index < -0.39 is 0 Å². The topological polar surface area (TPSA) is 43.8 Å². The quantitative estimate of drug-likeness (QED) is 0.894. The van der Waals surface area contributed by atoms with E-state index in [1.165, 1.54) is 29.7 Å². The number of hydrogen-bond donors (Lipinski definition) is 1. The fourth-order valence-corrected chi connectivity index (χ4v) is 3.12. The molecule has 2 unspecified atom stereocenters. The Kier molecular flexibility index (Phi) is 3.38. The number of imidazole rings is 1. The van der Waals surface area contributed by atoms with Crippen molar-refractivity contribution in [2.75, 3.05) is 0 Å². The van der Waals surface area contributed by atoms with Gasteiger partial charge in [-0.25, -0.2) is 4.98 Å². The summed E-state index contributed by atoms with van der Waals surface area (Å²) < 4.78 is 2.28. The lowest BCUT2D eigenvalue weighted by Crippen LogP contribution is -2.35. The van der Waals surface area contributed by atoms with Crippen molar-refractivity contribution in [1.82, 2.24) is 9.55 Å². The van der Waals surface area contributed by atoms with Crippen LogP contribution in [0, 0.1) is 6.92 Å². The number of aromatic nitrogens is 2. The number of nitrogens with two attached hydrogens (primary N) is 1. The maximum atomic E-state index is 6.31. The molecule has 1 heterocycles. The van der Waals surface area contributed by atoms with Crippen molar-refractivity contribution < 1.29 is 0 Å². The predicted molar refractivity (Wildman–Crippen MR) is 77.9 cm³/mol. The smallest absolute Gasteiger partial charge is 0.0954 e. The molecule has 3 nitrogen and oxygen atoms in total. The van der Waals surface area contributed by atoms with Gasteiger partial charge in [-0.2, -0.15) is 0 Å². The first-order chi connectivity index (χ1) is 9.27. The zero-order chi connectivity index (χ0) is 13.2. The second-order valence-corrected chi connectivity index (χ2v) is 5.52. The molecule has 0 amide bonds. The molecule has 3 heteroatoms. The van der Waals surface area contributed by atoms with E-state index in [1.54, 1.807) is 0 Å². The number of nitrogens with zero attached hydrogens (tertiary/aromatic N) is 2. The molecule has 1 aromatic carbocycles. The molecule has 0 radical (unpaired) electrons.